The quantitative estimate of drug-likeness (QED) is 0.804. The lowest BCUT2D eigenvalue weighted by Gasteiger charge is -2.26. The Bertz CT molecular complexity index is 836. The Morgan fingerprint density at radius 3 is 2.48 bits per heavy atom. The van der Waals surface area contributed by atoms with Crippen molar-refractivity contribution in [1.29, 1.82) is 0 Å². The number of carbonyl (C=O) groups is 2. The molecule has 0 bridgehead atoms. The van der Waals surface area contributed by atoms with Gasteiger partial charge in [0.1, 0.15) is 16.9 Å². The van der Waals surface area contributed by atoms with Crippen molar-refractivity contribution in [3.05, 3.63) is 30.0 Å². The molecule has 0 spiro atoms. The maximum Gasteiger partial charge on any atom is 0.410 e. The first-order chi connectivity index (χ1) is 12.8. The molecule has 2 heterocycles. The lowest BCUT2D eigenvalue weighted by molar-refractivity contribution is 0.0255. The van der Waals surface area contributed by atoms with E-state index in [1.165, 1.54) is 0 Å². The summed E-state index contributed by atoms with van der Waals surface area (Å²) in [5.41, 5.74) is 0.594. The number of rotatable bonds is 2. The minimum absolute atomic E-state index is 0.0994. The van der Waals surface area contributed by atoms with E-state index >= 15 is 0 Å². The molecule has 1 aliphatic rings. The number of fused-ring (bicyclic) bond motifs is 1. The Kier molecular flexibility index (Phi) is 5.30. The zero-order valence-electron chi connectivity index (χ0n) is 16.3. The van der Waals surface area contributed by atoms with Crippen molar-refractivity contribution < 1.29 is 23.5 Å². The molecule has 3 rings (SSSR count). The van der Waals surface area contributed by atoms with Gasteiger partial charge < -0.3 is 23.7 Å². The zero-order valence-corrected chi connectivity index (χ0v) is 16.3. The maximum atomic E-state index is 13.0. The van der Waals surface area contributed by atoms with E-state index in [1.807, 2.05) is 26.8 Å². The van der Waals surface area contributed by atoms with Crippen molar-refractivity contribution in [1.82, 2.24) is 9.80 Å². The lowest BCUT2D eigenvalue weighted by Crippen LogP contribution is -2.40. The molecule has 0 radical (unpaired) electrons. The average molecular weight is 374 g/mol. The van der Waals surface area contributed by atoms with Crippen molar-refractivity contribution in [2.24, 2.45) is 0 Å². The standard InChI is InChI=1S/C20H26N2O5/c1-20(2,3)27-19(24)22-8-5-7-21(9-10-22)18(23)14-12-16(25-4)15-6-11-26-17(15)13-14/h6,11-13H,5,7-10H2,1-4H3. The summed E-state index contributed by atoms with van der Waals surface area (Å²) in [6.07, 6.45) is 1.94. The smallest absolute Gasteiger partial charge is 0.410 e. The first-order valence-corrected chi connectivity index (χ1v) is 9.11. The Labute approximate surface area is 158 Å². The van der Waals surface area contributed by atoms with Gasteiger partial charge in [-0.05, 0) is 45.4 Å². The number of nitrogens with zero attached hydrogens (tertiary/aromatic N) is 2. The van der Waals surface area contributed by atoms with Crippen molar-refractivity contribution in [3.8, 4) is 5.75 Å². The fourth-order valence-electron chi connectivity index (χ4n) is 3.14. The van der Waals surface area contributed by atoms with Crippen molar-refractivity contribution >= 4 is 23.0 Å². The van der Waals surface area contributed by atoms with E-state index in [9.17, 15) is 9.59 Å². The maximum absolute atomic E-state index is 13.0. The number of furan rings is 1. The number of benzene rings is 1. The number of ether oxygens (including phenoxy) is 2. The average Bonchev–Trinajstić information content (AvgIpc) is 2.94. The predicted molar refractivity (Wildman–Crippen MR) is 101 cm³/mol. The molecular weight excluding hydrogens is 348 g/mol. The van der Waals surface area contributed by atoms with Crippen LogP contribution in [0.4, 0.5) is 4.79 Å². The summed E-state index contributed by atoms with van der Waals surface area (Å²) in [7, 11) is 1.57. The number of hydrogen-bond acceptors (Lipinski definition) is 5. The van der Waals surface area contributed by atoms with Crippen LogP contribution in [-0.2, 0) is 4.74 Å². The first kappa shape index (κ1) is 19.1. The van der Waals surface area contributed by atoms with Gasteiger partial charge in [0.15, 0.2) is 0 Å². The van der Waals surface area contributed by atoms with Gasteiger partial charge in [-0.15, -0.1) is 0 Å². The van der Waals surface area contributed by atoms with Crippen molar-refractivity contribution in [2.45, 2.75) is 32.8 Å². The van der Waals surface area contributed by atoms with Crippen LogP contribution in [0.15, 0.2) is 28.9 Å². The molecule has 27 heavy (non-hydrogen) atoms. The van der Waals surface area contributed by atoms with E-state index in [0.29, 0.717) is 49.5 Å². The molecule has 0 unspecified atom stereocenters. The highest BCUT2D eigenvalue weighted by Crippen LogP contribution is 2.29. The summed E-state index contributed by atoms with van der Waals surface area (Å²) >= 11 is 0. The molecule has 1 saturated heterocycles. The number of methoxy groups -OCH3 is 1. The van der Waals surface area contributed by atoms with E-state index in [4.69, 9.17) is 13.9 Å². The van der Waals surface area contributed by atoms with Crippen LogP contribution in [0.2, 0.25) is 0 Å². The minimum Gasteiger partial charge on any atom is -0.496 e. The van der Waals surface area contributed by atoms with Crippen LogP contribution in [0, 0.1) is 0 Å². The predicted octanol–water partition coefficient (Wildman–Crippen LogP) is 3.52. The van der Waals surface area contributed by atoms with E-state index in [2.05, 4.69) is 0 Å². The summed E-state index contributed by atoms with van der Waals surface area (Å²) in [5, 5.41) is 0.834. The molecular formula is C20H26N2O5. The fourth-order valence-corrected chi connectivity index (χ4v) is 3.14. The van der Waals surface area contributed by atoms with Crippen LogP contribution < -0.4 is 4.74 Å². The SMILES string of the molecule is COc1cc(C(=O)N2CCCN(C(=O)OC(C)(C)C)CC2)cc2occc12. The van der Waals surface area contributed by atoms with E-state index in [-0.39, 0.29) is 12.0 Å². The largest absolute Gasteiger partial charge is 0.496 e. The Hall–Kier alpha value is -2.70. The number of amides is 2. The Morgan fingerprint density at radius 1 is 1.07 bits per heavy atom. The second-order valence-corrected chi connectivity index (χ2v) is 7.62. The second kappa shape index (κ2) is 7.50. The number of carbonyl (C=O) groups excluding carboxylic acids is 2. The highest BCUT2D eigenvalue weighted by Gasteiger charge is 2.27. The second-order valence-electron chi connectivity index (χ2n) is 7.62. The lowest BCUT2D eigenvalue weighted by atomic mass is 10.1. The fraction of sp³-hybridized carbons (Fsp3) is 0.500. The molecule has 7 nitrogen and oxygen atoms in total. The minimum atomic E-state index is -0.534. The van der Waals surface area contributed by atoms with E-state index < -0.39 is 5.60 Å². The highest BCUT2D eigenvalue weighted by atomic mass is 16.6. The zero-order chi connectivity index (χ0) is 19.6. The molecule has 2 amide bonds. The molecule has 1 aromatic heterocycles. The van der Waals surface area contributed by atoms with Gasteiger partial charge in [0, 0.05) is 31.7 Å². The molecule has 1 fully saturated rings. The third-order valence-electron chi connectivity index (χ3n) is 4.44. The van der Waals surface area contributed by atoms with Crippen LogP contribution in [0.5, 0.6) is 5.75 Å². The molecule has 1 aromatic carbocycles. The third kappa shape index (κ3) is 4.35. The van der Waals surface area contributed by atoms with Crippen molar-refractivity contribution in [2.75, 3.05) is 33.3 Å². The van der Waals surface area contributed by atoms with Crippen LogP contribution in [-0.4, -0.2) is 60.7 Å². The van der Waals surface area contributed by atoms with Gasteiger partial charge in [0.2, 0.25) is 0 Å². The molecule has 0 N–H and O–H groups in total. The third-order valence-corrected chi connectivity index (χ3v) is 4.44. The Balaban J connectivity index is 1.72. The van der Waals surface area contributed by atoms with E-state index in [0.717, 1.165) is 5.39 Å². The summed E-state index contributed by atoms with van der Waals surface area (Å²) in [6.45, 7) is 7.58. The van der Waals surface area contributed by atoms with Gasteiger partial charge in [0.25, 0.3) is 5.91 Å². The molecule has 0 saturated carbocycles. The topological polar surface area (TPSA) is 72.2 Å². The summed E-state index contributed by atoms with van der Waals surface area (Å²) < 4.78 is 16.3. The molecule has 2 aromatic rings. The van der Waals surface area contributed by atoms with E-state index in [1.54, 1.807) is 35.3 Å². The van der Waals surface area contributed by atoms with Crippen LogP contribution >= 0.6 is 0 Å². The van der Waals surface area contributed by atoms with Gasteiger partial charge in [-0.3, -0.25) is 4.79 Å². The summed E-state index contributed by atoms with van der Waals surface area (Å²) in [5.74, 6) is 0.507. The molecule has 7 heteroatoms. The van der Waals surface area contributed by atoms with Gasteiger partial charge in [-0.1, -0.05) is 0 Å². The number of hydrogen-bond donors (Lipinski definition) is 0. The molecule has 146 valence electrons. The van der Waals surface area contributed by atoms with Crippen LogP contribution in [0.25, 0.3) is 11.0 Å². The summed E-state index contributed by atoms with van der Waals surface area (Å²) in [6, 6.07) is 5.28. The molecule has 0 aliphatic carbocycles. The van der Waals surface area contributed by atoms with Gasteiger partial charge in [-0.25, -0.2) is 4.79 Å². The van der Waals surface area contributed by atoms with Gasteiger partial charge >= 0.3 is 6.09 Å². The highest BCUT2D eigenvalue weighted by molar-refractivity contribution is 5.99. The van der Waals surface area contributed by atoms with Crippen LogP contribution in [0.3, 0.4) is 0 Å². The normalized spacial score (nSPS) is 15.6. The molecule has 1 aliphatic heterocycles. The van der Waals surface area contributed by atoms with Crippen molar-refractivity contribution in [3.63, 3.8) is 0 Å². The molecule has 0 atom stereocenters. The Morgan fingerprint density at radius 2 is 1.78 bits per heavy atom. The first-order valence-electron chi connectivity index (χ1n) is 9.11. The van der Waals surface area contributed by atoms with Gasteiger partial charge in [0.05, 0.1) is 18.8 Å². The van der Waals surface area contributed by atoms with Gasteiger partial charge in [-0.2, -0.15) is 0 Å². The monoisotopic (exact) mass is 374 g/mol. The van der Waals surface area contributed by atoms with Crippen LogP contribution in [0.1, 0.15) is 37.6 Å². The summed E-state index contributed by atoms with van der Waals surface area (Å²) in [4.78, 5) is 28.7.